The Labute approximate surface area is 108 Å². The molecule has 0 fully saturated rings. The number of guanidine groups is 1. The van der Waals surface area contributed by atoms with Gasteiger partial charge in [0.1, 0.15) is 5.82 Å². The van der Waals surface area contributed by atoms with E-state index in [2.05, 4.69) is 10.3 Å². The van der Waals surface area contributed by atoms with E-state index in [1.54, 1.807) is 12.1 Å². The Hall–Kier alpha value is -1.58. The van der Waals surface area contributed by atoms with Crippen LogP contribution >= 0.6 is 0 Å². The van der Waals surface area contributed by atoms with E-state index in [-0.39, 0.29) is 17.4 Å². The number of hydrogen-bond acceptors (Lipinski definition) is 1. The lowest BCUT2D eigenvalue weighted by molar-refractivity contribution is 0.506. The minimum atomic E-state index is -0.219. The zero-order chi connectivity index (χ0) is 13.8. The summed E-state index contributed by atoms with van der Waals surface area (Å²) in [6.45, 7) is 8.07. The molecular weight excluding hydrogens is 229 g/mol. The summed E-state index contributed by atoms with van der Waals surface area (Å²) in [6.07, 6.45) is 0.743. The lowest BCUT2D eigenvalue weighted by atomic mass is 10.1. The molecule has 0 aliphatic rings. The van der Waals surface area contributed by atoms with E-state index in [0.29, 0.717) is 5.96 Å². The van der Waals surface area contributed by atoms with Crippen LogP contribution in [0, 0.1) is 5.82 Å². The standard InChI is InChI=1S/C14H22FN3/c1-10(17-13(16)18-14(2,3)4)9-11-5-7-12(15)8-6-11/h5-8,10H,9H2,1-4H3,(H3,16,17,18). The van der Waals surface area contributed by atoms with Gasteiger partial charge in [-0.3, -0.25) is 4.99 Å². The summed E-state index contributed by atoms with van der Waals surface area (Å²) in [5.41, 5.74) is 6.78. The zero-order valence-electron chi connectivity index (χ0n) is 11.5. The van der Waals surface area contributed by atoms with E-state index in [9.17, 15) is 4.39 Å². The monoisotopic (exact) mass is 251 g/mol. The summed E-state index contributed by atoms with van der Waals surface area (Å²) in [4.78, 5) is 4.37. The summed E-state index contributed by atoms with van der Waals surface area (Å²) < 4.78 is 12.8. The van der Waals surface area contributed by atoms with Gasteiger partial charge in [0.05, 0.1) is 6.04 Å². The van der Waals surface area contributed by atoms with Gasteiger partial charge in [-0.15, -0.1) is 0 Å². The summed E-state index contributed by atoms with van der Waals surface area (Å²) in [5, 5.41) is 3.11. The molecule has 4 heteroatoms. The first-order chi connectivity index (χ1) is 8.26. The molecular formula is C14H22FN3. The molecule has 1 aromatic carbocycles. The number of hydrogen-bond donors (Lipinski definition) is 2. The quantitative estimate of drug-likeness (QED) is 0.640. The minimum Gasteiger partial charge on any atom is -0.370 e. The van der Waals surface area contributed by atoms with Gasteiger partial charge in [-0.2, -0.15) is 0 Å². The van der Waals surface area contributed by atoms with Gasteiger partial charge >= 0.3 is 0 Å². The van der Waals surface area contributed by atoms with Crippen LogP contribution in [0.2, 0.25) is 0 Å². The van der Waals surface area contributed by atoms with E-state index in [0.717, 1.165) is 12.0 Å². The summed E-state index contributed by atoms with van der Waals surface area (Å²) >= 11 is 0. The molecule has 0 aliphatic heterocycles. The fraction of sp³-hybridized carbons (Fsp3) is 0.500. The van der Waals surface area contributed by atoms with Gasteiger partial charge in [0.25, 0.3) is 0 Å². The highest BCUT2D eigenvalue weighted by Crippen LogP contribution is 2.07. The van der Waals surface area contributed by atoms with Gasteiger partial charge in [-0.25, -0.2) is 4.39 Å². The highest BCUT2D eigenvalue weighted by Gasteiger charge is 2.11. The molecule has 1 rings (SSSR count). The fourth-order valence-corrected chi connectivity index (χ4v) is 1.66. The summed E-state index contributed by atoms with van der Waals surface area (Å²) in [6, 6.07) is 6.53. The molecule has 3 N–H and O–H groups in total. The van der Waals surface area contributed by atoms with Crippen molar-refractivity contribution in [2.75, 3.05) is 0 Å². The Morgan fingerprint density at radius 2 is 1.89 bits per heavy atom. The maximum Gasteiger partial charge on any atom is 0.189 e. The van der Waals surface area contributed by atoms with Crippen LogP contribution < -0.4 is 11.1 Å². The number of benzene rings is 1. The molecule has 0 saturated carbocycles. The van der Waals surface area contributed by atoms with Crippen molar-refractivity contribution in [3.8, 4) is 0 Å². The van der Waals surface area contributed by atoms with Gasteiger partial charge < -0.3 is 11.1 Å². The van der Waals surface area contributed by atoms with E-state index >= 15 is 0 Å². The molecule has 1 atom stereocenters. The first-order valence-corrected chi connectivity index (χ1v) is 6.12. The molecule has 1 aromatic rings. The second kappa shape index (κ2) is 5.85. The first-order valence-electron chi connectivity index (χ1n) is 6.12. The number of nitrogens with zero attached hydrogens (tertiary/aromatic N) is 1. The Morgan fingerprint density at radius 1 is 1.33 bits per heavy atom. The highest BCUT2D eigenvalue weighted by molar-refractivity contribution is 5.78. The van der Waals surface area contributed by atoms with Gasteiger partial charge in [-0.05, 0) is 51.8 Å². The molecule has 0 aliphatic carbocycles. The van der Waals surface area contributed by atoms with Crippen LogP contribution in [0.15, 0.2) is 29.3 Å². The number of nitrogens with one attached hydrogen (secondary N) is 1. The van der Waals surface area contributed by atoms with E-state index in [1.807, 2.05) is 27.7 Å². The van der Waals surface area contributed by atoms with Gasteiger partial charge in [0.2, 0.25) is 0 Å². The van der Waals surface area contributed by atoms with Crippen LogP contribution in [0.1, 0.15) is 33.3 Å². The molecule has 0 spiro atoms. The predicted molar refractivity (Wildman–Crippen MR) is 74.1 cm³/mol. The van der Waals surface area contributed by atoms with Crippen molar-refractivity contribution in [3.05, 3.63) is 35.6 Å². The number of nitrogens with two attached hydrogens (primary N) is 1. The first kappa shape index (κ1) is 14.5. The van der Waals surface area contributed by atoms with Crippen molar-refractivity contribution in [3.63, 3.8) is 0 Å². The Bertz CT molecular complexity index is 404. The number of rotatable bonds is 3. The van der Waals surface area contributed by atoms with Crippen LogP contribution in [-0.4, -0.2) is 17.5 Å². The molecule has 0 bridgehead atoms. The SMILES string of the molecule is CC(Cc1ccc(F)cc1)N=C(N)NC(C)(C)C. The smallest absolute Gasteiger partial charge is 0.189 e. The molecule has 0 radical (unpaired) electrons. The van der Waals surface area contributed by atoms with Gasteiger partial charge in [-0.1, -0.05) is 12.1 Å². The molecule has 0 heterocycles. The van der Waals surface area contributed by atoms with Gasteiger partial charge in [0.15, 0.2) is 5.96 Å². The number of aliphatic imine (C=N–C) groups is 1. The van der Waals surface area contributed by atoms with Crippen LogP contribution in [0.3, 0.4) is 0 Å². The van der Waals surface area contributed by atoms with Gasteiger partial charge in [0, 0.05) is 5.54 Å². The van der Waals surface area contributed by atoms with Crippen LogP contribution in [0.25, 0.3) is 0 Å². The van der Waals surface area contributed by atoms with Crippen molar-refractivity contribution in [2.45, 2.75) is 45.7 Å². The Balaban J connectivity index is 2.58. The molecule has 0 aromatic heterocycles. The number of halogens is 1. The van der Waals surface area contributed by atoms with Crippen molar-refractivity contribution >= 4 is 5.96 Å². The fourth-order valence-electron chi connectivity index (χ4n) is 1.66. The second-order valence-electron chi connectivity index (χ2n) is 5.57. The van der Waals surface area contributed by atoms with E-state index in [4.69, 9.17) is 5.73 Å². The Kier molecular flexibility index (Phi) is 4.70. The molecule has 0 amide bonds. The van der Waals surface area contributed by atoms with Crippen molar-refractivity contribution in [2.24, 2.45) is 10.7 Å². The van der Waals surface area contributed by atoms with Crippen molar-refractivity contribution in [1.29, 1.82) is 0 Å². The third-order valence-electron chi connectivity index (χ3n) is 2.31. The summed E-state index contributed by atoms with van der Waals surface area (Å²) in [5.74, 6) is 0.223. The zero-order valence-corrected chi connectivity index (χ0v) is 11.5. The highest BCUT2D eigenvalue weighted by atomic mass is 19.1. The van der Waals surface area contributed by atoms with Crippen LogP contribution in [0.4, 0.5) is 4.39 Å². The lowest BCUT2D eigenvalue weighted by Gasteiger charge is -2.21. The third kappa shape index (κ3) is 5.66. The lowest BCUT2D eigenvalue weighted by Crippen LogP contribution is -2.45. The topological polar surface area (TPSA) is 50.4 Å². The molecule has 0 saturated heterocycles. The minimum absolute atomic E-state index is 0.0605. The van der Waals surface area contributed by atoms with Crippen molar-refractivity contribution in [1.82, 2.24) is 5.32 Å². The normalized spacial score (nSPS) is 14.4. The second-order valence-corrected chi connectivity index (χ2v) is 5.57. The average molecular weight is 251 g/mol. The maximum atomic E-state index is 12.8. The average Bonchev–Trinajstić information content (AvgIpc) is 2.18. The van der Waals surface area contributed by atoms with Crippen LogP contribution in [0.5, 0.6) is 0 Å². The third-order valence-corrected chi connectivity index (χ3v) is 2.31. The summed E-state index contributed by atoms with van der Waals surface area (Å²) in [7, 11) is 0. The maximum absolute atomic E-state index is 12.8. The molecule has 18 heavy (non-hydrogen) atoms. The van der Waals surface area contributed by atoms with E-state index in [1.165, 1.54) is 12.1 Å². The largest absolute Gasteiger partial charge is 0.370 e. The van der Waals surface area contributed by atoms with E-state index < -0.39 is 0 Å². The molecule has 100 valence electrons. The Morgan fingerprint density at radius 3 is 2.39 bits per heavy atom. The predicted octanol–water partition coefficient (Wildman–Crippen LogP) is 2.46. The van der Waals surface area contributed by atoms with Crippen molar-refractivity contribution < 1.29 is 4.39 Å². The molecule has 1 unspecified atom stereocenters. The molecule has 3 nitrogen and oxygen atoms in total. The van der Waals surface area contributed by atoms with Crippen LogP contribution in [-0.2, 0) is 6.42 Å².